The van der Waals surface area contributed by atoms with Crippen molar-refractivity contribution in [3.8, 4) is 5.75 Å². The van der Waals surface area contributed by atoms with Crippen LogP contribution in [-0.4, -0.2) is 19.2 Å². The monoisotopic (exact) mass is 178 g/mol. The lowest BCUT2D eigenvalue weighted by Crippen LogP contribution is -2.19. The first-order valence-corrected chi connectivity index (χ1v) is 4.57. The van der Waals surface area contributed by atoms with E-state index in [0.29, 0.717) is 6.10 Å². The fourth-order valence-corrected chi connectivity index (χ4v) is 1.47. The van der Waals surface area contributed by atoms with E-state index in [1.807, 2.05) is 24.3 Å². The molecule has 1 heterocycles. The largest absolute Gasteiger partial charge is 0.489 e. The smallest absolute Gasteiger partial charge is 0.119 e. The van der Waals surface area contributed by atoms with Crippen molar-refractivity contribution >= 4 is 5.69 Å². The summed E-state index contributed by atoms with van der Waals surface area (Å²) >= 11 is 0. The first-order chi connectivity index (χ1) is 6.34. The Morgan fingerprint density at radius 1 is 1.31 bits per heavy atom. The molecule has 0 aromatic heterocycles. The van der Waals surface area contributed by atoms with Crippen molar-refractivity contribution in [1.82, 2.24) is 5.32 Å². The maximum atomic E-state index is 5.71. The summed E-state index contributed by atoms with van der Waals surface area (Å²) in [5.41, 5.74) is 6.34. The van der Waals surface area contributed by atoms with Gasteiger partial charge in [0.15, 0.2) is 0 Å². The molecule has 1 fully saturated rings. The molecule has 13 heavy (non-hydrogen) atoms. The van der Waals surface area contributed by atoms with E-state index in [4.69, 9.17) is 10.5 Å². The first kappa shape index (κ1) is 8.38. The van der Waals surface area contributed by atoms with E-state index in [1.165, 1.54) is 0 Å². The molecule has 0 spiro atoms. The minimum Gasteiger partial charge on any atom is -0.489 e. The summed E-state index contributed by atoms with van der Waals surface area (Å²) in [4.78, 5) is 0. The van der Waals surface area contributed by atoms with Crippen LogP contribution in [0.25, 0.3) is 0 Å². The van der Waals surface area contributed by atoms with E-state index in [9.17, 15) is 0 Å². The minimum atomic E-state index is 0.323. The van der Waals surface area contributed by atoms with Gasteiger partial charge in [0.25, 0.3) is 0 Å². The molecular formula is C10H14N2O. The van der Waals surface area contributed by atoms with Gasteiger partial charge in [-0.1, -0.05) is 0 Å². The van der Waals surface area contributed by atoms with Crippen molar-refractivity contribution in [1.29, 1.82) is 0 Å². The van der Waals surface area contributed by atoms with Crippen LogP contribution in [-0.2, 0) is 0 Å². The van der Waals surface area contributed by atoms with Crippen molar-refractivity contribution in [3.63, 3.8) is 0 Å². The van der Waals surface area contributed by atoms with Gasteiger partial charge in [0, 0.05) is 12.2 Å². The number of nitrogens with one attached hydrogen (secondary N) is 1. The van der Waals surface area contributed by atoms with Crippen LogP contribution in [0.5, 0.6) is 5.75 Å². The van der Waals surface area contributed by atoms with Crippen LogP contribution >= 0.6 is 0 Å². The van der Waals surface area contributed by atoms with Gasteiger partial charge in [0.05, 0.1) is 0 Å². The molecule has 0 amide bonds. The molecule has 3 nitrogen and oxygen atoms in total. The standard InChI is InChI=1S/C10H14N2O/c11-8-1-3-9(4-2-8)13-10-5-6-12-7-10/h1-4,10,12H,5-7,11H2/t10-/m1/s1. The average Bonchev–Trinajstić information content (AvgIpc) is 2.62. The molecular weight excluding hydrogens is 164 g/mol. The Morgan fingerprint density at radius 2 is 2.08 bits per heavy atom. The van der Waals surface area contributed by atoms with E-state index in [0.717, 1.165) is 30.9 Å². The number of nitrogen functional groups attached to an aromatic ring is 1. The Kier molecular flexibility index (Phi) is 2.36. The molecule has 0 bridgehead atoms. The quantitative estimate of drug-likeness (QED) is 0.664. The first-order valence-electron chi connectivity index (χ1n) is 4.57. The van der Waals surface area contributed by atoms with Crippen molar-refractivity contribution in [2.24, 2.45) is 0 Å². The molecule has 0 radical (unpaired) electrons. The molecule has 1 aliphatic rings. The number of ether oxygens (including phenoxy) is 1. The van der Waals surface area contributed by atoms with Gasteiger partial charge in [-0.25, -0.2) is 0 Å². The molecule has 1 aromatic rings. The van der Waals surface area contributed by atoms with Gasteiger partial charge < -0.3 is 15.8 Å². The number of rotatable bonds is 2. The predicted molar refractivity (Wildman–Crippen MR) is 52.8 cm³/mol. The van der Waals surface area contributed by atoms with E-state index >= 15 is 0 Å². The topological polar surface area (TPSA) is 47.3 Å². The van der Waals surface area contributed by atoms with Crippen LogP contribution in [0, 0.1) is 0 Å². The normalized spacial score (nSPS) is 21.7. The number of hydrogen-bond donors (Lipinski definition) is 2. The highest BCUT2D eigenvalue weighted by Crippen LogP contribution is 2.16. The molecule has 0 aliphatic carbocycles. The Bertz CT molecular complexity index is 265. The fourth-order valence-electron chi connectivity index (χ4n) is 1.47. The van der Waals surface area contributed by atoms with E-state index in [2.05, 4.69) is 5.32 Å². The van der Waals surface area contributed by atoms with Crippen LogP contribution in [0.4, 0.5) is 5.69 Å². The summed E-state index contributed by atoms with van der Waals surface area (Å²) in [7, 11) is 0. The van der Waals surface area contributed by atoms with Crippen LogP contribution in [0.15, 0.2) is 24.3 Å². The molecule has 3 N–H and O–H groups in total. The maximum absolute atomic E-state index is 5.71. The molecule has 70 valence electrons. The van der Waals surface area contributed by atoms with Gasteiger partial charge in [0.2, 0.25) is 0 Å². The highest BCUT2D eigenvalue weighted by atomic mass is 16.5. The second kappa shape index (κ2) is 3.66. The maximum Gasteiger partial charge on any atom is 0.119 e. The third-order valence-corrected chi connectivity index (χ3v) is 2.20. The lowest BCUT2D eigenvalue weighted by molar-refractivity contribution is 0.223. The summed E-state index contributed by atoms with van der Waals surface area (Å²) in [5.74, 6) is 0.905. The lowest BCUT2D eigenvalue weighted by Gasteiger charge is -2.11. The van der Waals surface area contributed by atoms with Crippen LogP contribution < -0.4 is 15.8 Å². The fraction of sp³-hybridized carbons (Fsp3) is 0.400. The molecule has 1 aliphatic heterocycles. The zero-order valence-electron chi connectivity index (χ0n) is 7.49. The summed E-state index contributed by atoms with van der Waals surface area (Å²) in [6.07, 6.45) is 1.41. The van der Waals surface area contributed by atoms with E-state index < -0.39 is 0 Å². The van der Waals surface area contributed by atoms with Crippen molar-refractivity contribution < 1.29 is 4.74 Å². The van der Waals surface area contributed by atoms with Crippen LogP contribution in [0.2, 0.25) is 0 Å². The van der Waals surface area contributed by atoms with Gasteiger partial charge in [-0.2, -0.15) is 0 Å². The summed E-state index contributed by atoms with van der Waals surface area (Å²) in [5, 5.41) is 3.25. The molecule has 1 atom stereocenters. The molecule has 0 unspecified atom stereocenters. The highest BCUT2D eigenvalue weighted by Gasteiger charge is 2.15. The average molecular weight is 178 g/mol. The van der Waals surface area contributed by atoms with Crippen molar-refractivity contribution in [2.75, 3.05) is 18.8 Å². The second-order valence-corrected chi connectivity index (χ2v) is 3.30. The Hall–Kier alpha value is -1.22. The zero-order valence-corrected chi connectivity index (χ0v) is 7.49. The number of nitrogens with two attached hydrogens (primary N) is 1. The highest BCUT2D eigenvalue weighted by molar-refractivity contribution is 5.41. The number of hydrogen-bond acceptors (Lipinski definition) is 3. The van der Waals surface area contributed by atoms with Crippen LogP contribution in [0.1, 0.15) is 6.42 Å². The number of benzene rings is 1. The summed E-state index contributed by atoms with van der Waals surface area (Å²) in [6, 6.07) is 7.54. The van der Waals surface area contributed by atoms with E-state index in [-0.39, 0.29) is 0 Å². The van der Waals surface area contributed by atoms with Gasteiger partial charge in [0.1, 0.15) is 11.9 Å². The Labute approximate surface area is 77.9 Å². The SMILES string of the molecule is Nc1ccc(O[C@@H]2CCNC2)cc1. The third-order valence-electron chi connectivity index (χ3n) is 2.20. The van der Waals surface area contributed by atoms with Crippen molar-refractivity contribution in [2.45, 2.75) is 12.5 Å². The van der Waals surface area contributed by atoms with E-state index in [1.54, 1.807) is 0 Å². The van der Waals surface area contributed by atoms with Gasteiger partial charge in [-0.15, -0.1) is 0 Å². The lowest BCUT2D eigenvalue weighted by atomic mass is 10.3. The third kappa shape index (κ3) is 2.12. The zero-order chi connectivity index (χ0) is 9.10. The molecule has 2 rings (SSSR count). The molecule has 1 aromatic carbocycles. The van der Waals surface area contributed by atoms with Gasteiger partial charge >= 0.3 is 0 Å². The predicted octanol–water partition coefficient (Wildman–Crippen LogP) is 1.01. The minimum absolute atomic E-state index is 0.323. The Balaban J connectivity index is 1.97. The van der Waals surface area contributed by atoms with Crippen molar-refractivity contribution in [3.05, 3.63) is 24.3 Å². The van der Waals surface area contributed by atoms with Gasteiger partial charge in [-0.05, 0) is 37.2 Å². The summed E-state index contributed by atoms with van der Waals surface area (Å²) in [6.45, 7) is 2.00. The van der Waals surface area contributed by atoms with Crippen LogP contribution in [0.3, 0.4) is 0 Å². The summed E-state index contributed by atoms with van der Waals surface area (Å²) < 4.78 is 5.71. The second-order valence-electron chi connectivity index (χ2n) is 3.30. The Morgan fingerprint density at radius 3 is 2.69 bits per heavy atom. The number of anilines is 1. The molecule has 3 heteroatoms. The molecule has 0 saturated carbocycles. The molecule has 1 saturated heterocycles. The van der Waals surface area contributed by atoms with Gasteiger partial charge in [-0.3, -0.25) is 0 Å².